The molecule has 0 saturated carbocycles. The van der Waals surface area contributed by atoms with E-state index in [1.54, 1.807) is 13.2 Å². The maximum absolute atomic E-state index is 13.7. The van der Waals surface area contributed by atoms with Crippen LogP contribution in [0.1, 0.15) is 24.1 Å². The van der Waals surface area contributed by atoms with Gasteiger partial charge in [-0.3, -0.25) is 0 Å². The summed E-state index contributed by atoms with van der Waals surface area (Å²) in [4.78, 5) is 0. The number of methoxy groups -OCH3 is 1. The maximum atomic E-state index is 13.7. The molecular weight excluding hydrogens is 321 g/mol. The van der Waals surface area contributed by atoms with Gasteiger partial charge in [0.15, 0.2) is 0 Å². The van der Waals surface area contributed by atoms with Gasteiger partial charge >= 0.3 is 0 Å². The molecule has 0 aliphatic heterocycles. The number of benzene rings is 2. The minimum Gasteiger partial charge on any atom is -0.497 e. The van der Waals surface area contributed by atoms with Gasteiger partial charge in [-0.1, -0.05) is 31.2 Å². The summed E-state index contributed by atoms with van der Waals surface area (Å²) in [7, 11) is 1.64. The third-order valence-corrected chi connectivity index (χ3v) is 3.99. The normalized spacial score (nSPS) is 12.2. The fourth-order valence-electron chi connectivity index (χ4n) is 2.15. The third-order valence-electron chi connectivity index (χ3n) is 3.15. The molecule has 2 nitrogen and oxygen atoms in total. The van der Waals surface area contributed by atoms with Crippen molar-refractivity contribution in [2.45, 2.75) is 13.0 Å². The standard InChI is InChI=1S/C16H17BrFNO/c1-3-19-16(11-7-9-12(20-2)10-8-11)13-5-4-6-14(18)15(13)17/h4-10,16,19H,3H2,1-2H3. The molecule has 0 aliphatic carbocycles. The molecular formula is C16H17BrFNO. The molecule has 1 atom stereocenters. The number of hydrogen-bond acceptors (Lipinski definition) is 2. The van der Waals surface area contributed by atoms with E-state index in [4.69, 9.17) is 4.74 Å². The smallest absolute Gasteiger partial charge is 0.137 e. The molecule has 0 saturated heterocycles. The Balaban J connectivity index is 2.41. The SMILES string of the molecule is CCNC(c1ccc(OC)cc1)c1cccc(F)c1Br. The average molecular weight is 338 g/mol. The lowest BCUT2D eigenvalue weighted by Gasteiger charge is -2.20. The first-order valence-corrected chi connectivity index (χ1v) is 7.28. The van der Waals surface area contributed by atoms with Crippen LogP contribution in [0.4, 0.5) is 4.39 Å². The highest BCUT2D eigenvalue weighted by molar-refractivity contribution is 9.10. The Morgan fingerprint density at radius 2 is 1.90 bits per heavy atom. The Morgan fingerprint density at radius 1 is 1.20 bits per heavy atom. The summed E-state index contributed by atoms with van der Waals surface area (Å²) in [6.45, 7) is 2.82. The van der Waals surface area contributed by atoms with Crippen molar-refractivity contribution < 1.29 is 9.13 Å². The Labute approximate surface area is 127 Å². The molecule has 0 aromatic heterocycles. The van der Waals surface area contributed by atoms with Gasteiger partial charge in [-0.15, -0.1) is 0 Å². The van der Waals surface area contributed by atoms with Crippen LogP contribution < -0.4 is 10.1 Å². The molecule has 0 aliphatic rings. The highest BCUT2D eigenvalue weighted by Gasteiger charge is 2.17. The van der Waals surface area contributed by atoms with Crippen molar-refractivity contribution in [2.24, 2.45) is 0 Å². The molecule has 0 bridgehead atoms. The van der Waals surface area contributed by atoms with Gasteiger partial charge < -0.3 is 10.1 Å². The second kappa shape index (κ2) is 6.86. The molecule has 4 heteroatoms. The first kappa shape index (κ1) is 15.0. The lowest BCUT2D eigenvalue weighted by molar-refractivity contribution is 0.414. The van der Waals surface area contributed by atoms with Crippen LogP contribution in [0, 0.1) is 5.82 Å². The van der Waals surface area contributed by atoms with Gasteiger partial charge in [0.05, 0.1) is 17.6 Å². The van der Waals surface area contributed by atoms with Crippen molar-refractivity contribution in [3.63, 3.8) is 0 Å². The van der Waals surface area contributed by atoms with Crippen LogP contribution >= 0.6 is 15.9 Å². The second-order valence-electron chi connectivity index (χ2n) is 4.41. The van der Waals surface area contributed by atoms with E-state index in [0.717, 1.165) is 23.4 Å². The number of nitrogens with one attached hydrogen (secondary N) is 1. The Kier molecular flexibility index (Phi) is 5.15. The molecule has 0 heterocycles. The fraction of sp³-hybridized carbons (Fsp3) is 0.250. The molecule has 2 rings (SSSR count). The van der Waals surface area contributed by atoms with Crippen LogP contribution in [-0.2, 0) is 0 Å². The van der Waals surface area contributed by atoms with Crippen LogP contribution in [0.15, 0.2) is 46.9 Å². The van der Waals surface area contributed by atoms with Gasteiger partial charge in [0, 0.05) is 0 Å². The van der Waals surface area contributed by atoms with Gasteiger partial charge in [0.25, 0.3) is 0 Å². The van der Waals surface area contributed by atoms with E-state index in [9.17, 15) is 4.39 Å². The summed E-state index contributed by atoms with van der Waals surface area (Å²) in [5, 5.41) is 3.38. The quantitative estimate of drug-likeness (QED) is 0.878. The van der Waals surface area contributed by atoms with Crippen molar-refractivity contribution in [1.82, 2.24) is 5.32 Å². The van der Waals surface area contributed by atoms with E-state index in [0.29, 0.717) is 4.47 Å². The van der Waals surface area contributed by atoms with E-state index in [1.165, 1.54) is 6.07 Å². The summed E-state index contributed by atoms with van der Waals surface area (Å²) < 4.78 is 19.4. The Hall–Kier alpha value is -1.39. The maximum Gasteiger partial charge on any atom is 0.137 e. The molecule has 0 radical (unpaired) electrons. The van der Waals surface area contributed by atoms with Crippen LogP contribution in [0.2, 0.25) is 0 Å². The van der Waals surface area contributed by atoms with Gasteiger partial charge in [-0.2, -0.15) is 0 Å². The molecule has 2 aromatic carbocycles. The number of ether oxygens (including phenoxy) is 1. The largest absolute Gasteiger partial charge is 0.497 e. The van der Waals surface area contributed by atoms with Crippen LogP contribution in [0.25, 0.3) is 0 Å². The van der Waals surface area contributed by atoms with Crippen molar-refractivity contribution >= 4 is 15.9 Å². The lowest BCUT2D eigenvalue weighted by atomic mass is 9.98. The average Bonchev–Trinajstić information content (AvgIpc) is 2.48. The summed E-state index contributed by atoms with van der Waals surface area (Å²) in [5.74, 6) is 0.557. The molecule has 2 aromatic rings. The molecule has 0 fully saturated rings. The van der Waals surface area contributed by atoms with Crippen LogP contribution in [-0.4, -0.2) is 13.7 Å². The van der Waals surface area contributed by atoms with Gasteiger partial charge in [0.2, 0.25) is 0 Å². The summed E-state index contributed by atoms with van der Waals surface area (Å²) in [6.07, 6.45) is 0. The topological polar surface area (TPSA) is 21.3 Å². The zero-order valence-electron chi connectivity index (χ0n) is 11.5. The van der Waals surface area contributed by atoms with E-state index < -0.39 is 0 Å². The Morgan fingerprint density at radius 3 is 2.50 bits per heavy atom. The molecule has 106 valence electrons. The predicted octanol–water partition coefficient (Wildman–Crippen LogP) is 4.30. The monoisotopic (exact) mass is 337 g/mol. The first-order valence-electron chi connectivity index (χ1n) is 6.48. The van der Waals surface area contributed by atoms with E-state index >= 15 is 0 Å². The highest BCUT2D eigenvalue weighted by Crippen LogP contribution is 2.31. The minimum atomic E-state index is -0.251. The van der Waals surface area contributed by atoms with Crippen molar-refractivity contribution in [2.75, 3.05) is 13.7 Å². The molecule has 0 spiro atoms. The van der Waals surface area contributed by atoms with E-state index in [2.05, 4.69) is 21.2 Å². The zero-order valence-corrected chi connectivity index (χ0v) is 13.1. The van der Waals surface area contributed by atoms with Gasteiger partial charge in [-0.05, 0) is 51.8 Å². The van der Waals surface area contributed by atoms with E-state index in [1.807, 2.05) is 37.3 Å². The van der Waals surface area contributed by atoms with Crippen molar-refractivity contribution in [3.8, 4) is 5.75 Å². The van der Waals surface area contributed by atoms with Crippen LogP contribution in [0.5, 0.6) is 5.75 Å². The highest BCUT2D eigenvalue weighted by atomic mass is 79.9. The Bertz CT molecular complexity index is 571. The number of hydrogen-bond donors (Lipinski definition) is 1. The van der Waals surface area contributed by atoms with Gasteiger partial charge in [0.1, 0.15) is 11.6 Å². The lowest BCUT2D eigenvalue weighted by Crippen LogP contribution is -2.22. The predicted molar refractivity (Wildman–Crippen MR) is 82.6 cm³/mol. The molecule has 20 heavy (non-hydrogen) atoms. The number of rotatable bonds is 5. The summed E-state index contributed by atoms with van der Waals surface area (Å²) in [5.41, 5.74) is 1.95. The fourth-order valence-corrected chi connectivity index (χ4v) is 2.64. The van der Waals surface area contributed by atoms with Crippen molar-refractivity contribution in [3.05, 3.63) is 63.9 Å². The zero-order chi connectivity index (χ0) is 14.5. The van der Waals surface area contributed by atoms with Crippen LogP contribution in [0.3, 0.4) is 0 Å². The van der Waals surface area contributed by atoms with E-state index in [-0.39, 0.29) is 11.9 Å². The molecule has 1 unspecified atom stereocenters. The second-order valence-corrected chi connectivity index (χ2v) is 5.20. The third kappa shape index (κ3) is 3.19. The molecule has 0 amide bonds. The van der Waals surface area contributed by atoms with Gasteiger partial charge in [-0.25, -0.2) is 4.39 Å². The summed E-state index contributed by atoms with van der Waals surface area (Å²) in [6, 6.07) is 12.8. The first-order chi connectivity index (χ1) is 9.67. The number of halogens is 2. The molecule has 1 N–H and O–H groups in total. The minimum absolute atomic E-state index is 0.0593. The summed E-state index contributed by atoms with van der Waals surface area (Å²) >= 11 is 3.34. The van der Waals surface area contributed by atoms with Crippen molar-refractivity contribution in [1.29, 1.82) is 0 Å².